The lowest BCUT2D eigenvalue weighted by Gasteiger charge is -2.12. The van der Waals surface area contributed by atoms with E-state index in [0.29, 0.717) is 45.2 Å². The molecule has 0 fully saturated rings. The second kappa shape index (κ2) is 9.07. The van der Waals surface area contributed by atoms with E-state index in [1.807, 2.05) is 55.5 Å². The van der Waals surface area contributed by atoms with E-state index in [1.165, 1.54) is 0 Å². The number of anilines is 1. The Morgan fingerprint density at radius 1 is 0.886 bits per heavy atom. The number of hydrogen-bond donors (Lipinski definition) is 1. The van der Waals surface area contributed by atoms with Crippen LogP contribution >= 0.6 is 0 Å². The molecule has 1 heterocycles. The molecule has 5 rings (SSSR count). The first-order chi connectivity index (χ1) is 16.9. The summed E-state index contributed by atoms with van der Waals surface area (Å²) < 4.78 is 41.1. The number of ether oxygens (including phenoxy) is 1. The van der Waals surface area contributed by atoms with Gasteiger partial charge in [-0.25, -0.2) is 13.2 Å². The van der Waals surface area contributed by atoms with Crippen molar-refractivity contribution in [1.82, 2.24) is 0 Å². The first-order valence-electron chi connectivity index (χ1n) is 11.6. The number of esters is 1. The molecule has 4 aromatic carbocycles. The van der Waals surface area contributed by atoms with E-state index in [9.17, 15) is 13.2 Å². The van der Waals surface area contributed by atoms with Gasteiger partial charge in [0.2, 0.25) is 0 Å². The third-order valence-electron chi connectivity index (χ3n) is 6.00. The highest BCUT2D eigenvalue weighted by Gasteiger charge is 2.25. The van der Waals surface area contributed by atoms with E-state index < -0.39 is 16.0 Å². The van der Waals surface area contributed by atoms with Crippen molar-refractivity contribution in [2.24, 2.45) is 0 Å². The SMILES string of the molecule is CCCc1oc2c(cc(NS(=O)(=O)c3ccc4ccccc4c3)c3ccccc32)c1C(=O)OCC. The van der Waals surface area contributed by atoms with Gasteiger partial charge in [-0.1, -0.05) is 61.5 Å². The Morgan fingerprint density at radius 2 is 1.60 bits per heavy atom. The van der Waals surface area contributed by atoms with E-state index in [4.69, 9.17) is 9.15 Å². The van der Waals surface area contributed by atoms with Crippen LogP contribution in [0.2, 0.25) is 0 Å². The largest absolute Gasteiger partial charge is 0.462 e. The zero-order valence-electron chi connectivity index (χ0n) is 19.5. The van der Waals surface area contributed by atoms with Gasteiger partial charge in [0, 0.05) is 22.6 Å². The number of furan rings is 1. The van der Waals surface area contributed by atoms with Crippen LogP contribution in [0.3, 0.4) is 0 Å². The molecule has 0 radical (unpaired) electrons. The summed E-state index contributed by atoms with van der Waals surface area (Å²) in [5.74, 6) is 0.0638. The molecule has 0 bridgehead atoms. The maximum atomic E-state index is 13.4. The van der Waals surface area contributed by atoms with Crippen molar-refractivity contribution in [3.05, 3.63) is 84.1 Å². The average Bonchev–Trinajstić information content (AvgIpc) is 3.22. The third-order valence-corrected chi connectivity index (χ3v) is 7.36. The highest BCUT2D eigenvalue weighted by Crippen LogP contribution is 2.38. The Morgan fingerprint density at radius 3 is 2.34 bits per heavy atom. The number of carbonyl (C=O) groups is 1. The predicted octanol–water partition coefficient (Wildman–Crippen LogP) is 6.67. The molecule has 35 heavy (non-hydrogen) atoms. The predicted molar refractivity (Wildman–Crippen MR) is 138 cm³/mol. The van der Waals surface area contributed by atoms with E-state index in [1.54, 1.807) is 31.2 Å². The van der Waals surface area contributed by atoms with Gasteiger partial charge in [-0.05, 0) is 42.3 Å². The molecule has 0 aliphatic carbocycles. The number of aryl methyl sites for hydroxylation is 1. The molecule has 0 amide bonds. The fourth-order valence-electron chi connectivity index (χ4n) is 4.42. The Labute approximate surface area is 203 Å². The van der Waals surface area contributed by atoms with Gasteiger partial charge in [-0.15, -0.1) is 0 Å². The summed E-state index contributed by atoms with van der Waals surface area (Å²) in [7, 11) is -3.91. The van der Waals surface area contributed by atoms with Crippen LogP contribution in [0, 0.1) is 0 Å². The van der Waals surface area contributed by atoms with Crippen LogP contribution in [-0.4, -0.2) is 21.0 Å². The number of nitrogens with one attached hydrogen (secondary N) is 1. The maximum Gasteiger partial charge on any atom is 0.342 e. The molecule has 0 unspecified atom stereocenters. The third kappa shape index (κ3) is 4.12. The number of sulfonamides is 1. The number of fused-ring (bicyclic) bond motifs is 4. The topological polar surface area (TPSA) is 85.6 Å². The highest BCUT2D eigenvalue weighted by atomic mass is 32.2. The van der Waals surface area contributed by atoms with Crippen molar-refractivity contribution < 1.29 is 22.4 Å². The van der Waals surface area contributed by atoms with Gasteiger partial charge in [0.25, 0.3) is 10.0 Å². The lowest BCUT2D eigenvalue weighted by Crippen LogP contribution is -2.13. The monoisotopic (exact) mass is 487 g/mol. The number of carbonyl (C=O) groups excluding carboxylic acids is 1. The average molecular weight is 488 g/mol. The summed E-state index contributed by atoms with van der Waals surface area (Å²) in [5, 5.41) is 3.71. The Kier molecular flexibility index (Phi) is 5.94. The van der Waals surface area contributed by atoms with Crippen molar-refractivity contribution in [2.75, 3.05) is 11.3 Å². The normalized spacial score (nSPS) is 11.8. The Hall–Kier alpha value is -3.84. The molecule has 5 aromatic rings. The first-order valence-corrected chi connectivity index (χ1v) is 13.1. The molecule has 7 heteroatoms. The molecule has 0 atom stereocenters. The summed E-state index contributed by atoms with van der Waals surface area (Å²) in [5.41, 5.74) is 1.26. The smallest absolute Gasteiger partial charge is 0.342 e. The summed E-state index contributed by atoms with van der Waals surface area (Å²) >= 11 is 0. The second-order valence-corrected chi connectivity index (χ2v) is 10.0. The van der Waals surface area contributed by atoms with Crippen LogP contribution in [0.4, 0.5) is 5.69 Å². The minimum atomic E-state index is -3.91. The lowest BCUT2D eigenvalue weighted by atomic mass is 10.0. The van der Waals surface area contributed by atoms with E-state index in [0.717, 1.165) is 17.2 Å². The first kappa shape index (κ1) is 22.9. The number of benzene rings is 4. The van der Waals surface area contributed by atoms with Crippen LogP contribution < -0.4 is 4.72 Å². The van der Waals surface area contributed by atoms with Gasteiger partial charge >= 0.3 is 5.97 Å². The quantitative estimate of drug-likeness (QED) is 0.259. The number of hydrogen-bond acceptors (Lipinski definition) is 5. The molecule has 6 nitrogen and oxygen atoms in total. The van der Waals surface area contributed by atoms with Gasteiger partial charge in [-0.3, -0.25) is 4.72 Å². The highest BCUT2D eigenvalue weighted by molar-refractivity contribution is 7.92. The molecule has 0 saturated heterocycles. The summed E-state index contributed by atoms with van der Waals surface area (Å²) in [4.78, 5) is 13.0. The Balaban J connectivity index is 1.70. The van der Waals surface area contributed by atoms with E-state index in [2.05, 4.69) is 4.72 Å². The molecule has 0 aliphatic heterocycles. The van der Waals surface area contributed by atoms with Crippen molar-refractivity contribution in [2.45, 2.75) is 31.6 Å². The van der Waals surface area contributed by atoms with Crippen molar-refractivity contribution in [3.63, 3.8) is 0 Å². The van der Waals surface area contributed by atoms with Crippen molar-refractivity contribution >= 4 is 54.2 Å². The van der Waals surface area contributed by atoms with Gasteiger partial charge in [0.05, 0.1) is 17.2 Å². The van der Waals surface area contributed by atoms with Crippen LogP contribution in [0.15, 0.2) is 82.1 Å². The van der Waals surface area contributed by atoms with Gasteiger partial charge < -0.3 is 9.15 Å². The minimum Gasteiger partial charge on any atom is -0.462 e. The molecule has 0 spiro atoms. The van der Waals surface area contributed by atoms with Gasteiger partial charge in [0.15, 0.2) is 0 Å². The van der Waals surface area contributed by atoms with Crippen LogP contribution in [0.5, 0.6) is 0 Å². The molecule has 178 valence electrons. The molecule has 1 aromatic heterocycles. The molecule has 0 aliphatic rings. The summed E-state index contributed by atoms with van der Waals surface area (Å²) in [6, 6.07) is 21.7. The summed E-state index contributed by atoms with van der Waals surface area (Å²) in [6.45, 7) is 3.98. The van der Waals surface area contributed by atoms with Crippen molar-refractivity contribution in [1.29, 1.82) is 0 Å². The summed E-state index contributed by atoms with van der Waals surface area (Å²) in [6.07, 6.45) is 1.35. The van der Waals surface area contributed by atoms with E-state index >= 15 is 0 Å². The fraction of sp³-hybridized carbons (Fsp3) is 0.179. The Bertz CT molecular complexity index is 1680. The number of rotatable bonds is 7. The fourth-order valence-corrected chi connectivity index (χ4v) is 5.53. The van der Waals surface area contributed by atoms with Crippen LogP contribution in [0.1, 0.15) is 36.4 Å². The lowest BCUT2D eigenvalue weighted by molar-refractivity contribution is 0.0526. The molecular formula is C28H25NO5S. The van der Waals surface area contributed by atoms with Crippen LogP contribution in [-0.2, 0) is 21.2 Å². The standard InChI is InChI=1S/C28H25NO5S/c1-3-9-25-26(28(30)33-4-2)23-17-24(21-12-7-8-13-22(21)27(23)34-25)29-35(31,32)20-15-14-18-10-5-6-11-19(18)16-20/h5-8,10-17,29H,3-4,9H2,1-2H3. The minimum absolute atomic E-state index is 0.157. The molecule has 1 N–H and O–H groups in total. The van der Waals surface area contributed by atoms with Gasteiger partial charge in [0.1, 0.15) is 16.9 Å². The van der Waals surface area contributed by atoms with Crippen LogP contribution in [0.25, 0.3) is 32.5 Å². The zero-order chi connectivity index (χ0) is 24.6. The molecule has 0 saturated carbocycles. The second-order valence-electron chi connectivity index (χ2n) is 8.33. The van der Waals surface area contributed by atoms with Gasteiger partial charge in [-0.2, -0.15) is 0 Å². The zero-order valence-corrected chi connectivity index (χ0v) is 20.3. The molecular weight excluding hydrogens is 462 g/mol. The van der Waals surface area contributed by atoms with Crippen molar-refractivity contribution in [3.8, 4) is 0 Å². The maximum absolute atomic E-state index is 13.4. The van der Waals surface area contributed by atoms with E-state index in [-0.39, 0.29) is 11.5 Å².